The average molecular weight is 496 g/mol. The third-order valence-corrected chi connectivity index (χ3v) is 5.64. The van der Waals surface area contributed by atoms with Crippen LogP contribution in [0, 0.1) is 0 Å². The smallest absolute Gasteiger partial charge is 0.227 e. The molecule has 0 bridgehead atoms. The number of aliphatic hydroxyl groups excluding tert-OH is 1. The zero-order chi connectivity index (χ0) is 25.8. The minimum atomic E-state index is -0.658. The molecule has 2 aromatic carbocycles. The van der Waals surface area contributed by atoms with Crippen LogP contribution in [0.2, 0.25) is 0 Å². The van der Waals surface area contributed by atoms with Gasteiger partial charge in [-0.3, -0.25) is 4.90 Å². The number of rotatable bonds is 16. The molecule has 3 rings (SSSR count). The minimum absolute atomic E-state index is 0.226. The van der Waals surface area contributed by atoms with E-state index in [9.17, 15) is 5.11 Å². The summed E-state index contributed by atoms with van der Waals surface area (Å²) in [7, 11) is 3.29. The van der Waals surface area contributed by atoms with Gasteiger partial charge >= 0.3 is 0 Å². The summed E-state index contributed by atoms with van der Waals surface area (Å²) in [6.45, 7) is 8.43. The van der Waals surface area contributed by atoms with Crippen molar-refractivity contribution in [3.8, 4) is 23.1 Å². The third-order valence-electron chi connectivity index (χ3n) is 5.64. The number of aromatic nitrogens is 2. The number of methoxy groups -OCH3 is 2. The van der Waals surface area contributed by atoms with Crippen LogP contribution in [0.3, 0.4) is 0 Å². The lowest BCUT2D eigenvalue weighted by atomic mass is 10.1. The second-order valence-corrected chi connectivity index (χ2v) is 8.29. The fraction of sp³-hybridized carbons (Fsp3) is 0.393. The zero-order valence-corrected chi connectivity index (χ0v) is 21.4. The van der Waals surface area contributed by atoms with Crippen LogP contribution in [0.4, 0.5) is 0 Å². The summed E-state index contributed by atoms with van der Waals surface area (Å²) in [4.78, 5) is 2.13. The van der Waals surface area contributed by atoms with E-state index in [-0.39, 0.29) is 6.61 Å². The number of benzene rings is 2. The molecule has 1 N–H and O–H groups in total. The van der Waals surface area contributed by atoms with Crippen LogP contribution in [0.25, 0.3) is 5.69 Å². The van der Waals surface area contributed by atoms with E-state index in [0.717, 1.165) is 23.4 Å². The molecule has 3 aromatic rings. The highest BCUT2D eigenvalue weighted by atomic mass is 16.5. The number of hydrogen-bond acceptors (Lipinski definition) is 7. The van der Waals surface area contributed by atoms with Crippen LogP contribution in [0.15, 0.2) is 67.3 Å². The topological polar surface area (TPSA) is 78.2 Å². The lowest BCUT2D eigenvalue weighted by molar-refractivity contribution is 0.0192. The monoisotopic (exact) mass is 495 g/mol. The Morgan fingerprint density at radius 1 is 1.08 bits per heavy atom. The van der Waals surface area contributed by atoms with E-state index in [0.29, 0.717) is 50.2 Å². The predicted octanol–water partition coefficient (Wildman–Crippen LogP) is 4.25. The fourth-order valence-corrected chi connectivity index (χ4v) is 3.89. The highest BCUT2D eigenvalue weighted by Crippen LogP contribution is 2.36. The van der Waals surface area contributed by atoms with Gasteiger partial charge in [-0.05, 0) is 30.7 Å². The molecule has 1 atom stereocenters. The number of para-hydroxylation sites is 3. The van der Waals surface area contributed by atoms with Crippen LogP contribution < -0.4 is 9.47 Å². The van der Waals surface area contributed by atoms with Crippen molar-refractivity contribution in [3.05, 3.63) is 78.5 Å². The molecule has 0 radical (unpaired) electrons. The number of ether oxygens (including phenoxy) is 4. The first-order valence-corrected chi connectivity index (χ1v) is 12.2. The lowest BCUT2D eigenvalue weighted by Gasteiger charge is -2.25. The van der Waals surface area contributed by atoms with Gasteiger partial charge in [-0.2, -0.15) is 5.10 Å². The molecule has 0 aliphatic carbocycles. The maximum Gasteiger partial charge on any atom is 0.227 e. The molecule has 0 spiro atoms. The molecule has 1 heterocycles. The summed E-state index contributed by atoms with van der Waals surface area (Å²) in [6.07, 6.45) is 1.73. The molecule has 194 valence electrons. The van der Waals surface area contributed by atoms with Gasteiger partial charge in [-0.25, -0.2) is 4.68 Å². The summed E-state index contributed by atoms with van der Waals surface area (Å²) >= 11 is 0. The predicted molar refractivity (Wildman–Crippen MR) is 140 cm³/mol. The number of aryl methyl sites for hydroxylation is 1. The van der Waals surface area contributed by atoms with Gasteiger partial charge < -0.3 is 24.1 Å². The van der Waals surface area contributed by atoms with Crippen molar-refractivity contribution in [2.45, 2.75) is 26.0 Å². The standard InChI is InChI=1S/C28H37N3O5/c1-5-17-35-21-23(32)19-30(16-18-33-3)20-24-25(6-2)29-31(22-12-8-7-9-13-22)28(24)36-27-15-11-10-14-26(27)34-4/h5,7-15,23,32H,1,6,16-21H2,2-4H3/t23-/m1/s1. The van der Waals surface area contributed by atoms with Crippen molar-refractivity contribution >= 4 is 0 Å². The Balaban J connectivity index is 2.00. The first-order chi connectivity index (χ1) is 17.6. The Morgan fingerprint density at radius 3 is 2.47 bits per heavy atom. The summed E-state index contributed by atoms with van der Waals surface area (Å²) < 4.78 is 24.7. The van der Waals surface area contributed by atoms with Gasteiger partial charge in [-0.1, -0.05) is 43.3 Å². The Morgan fingerprint density at radius 2 is 1.81 bits per heavy atom. The average Bonchev–Trinajstić information content (AvgIpc) is 3.25. The minimum Gasteiger partial charge on any atom is -0.493 e. The van der Waals surface area contributed by atoms with Gasteiger partial charge in [0.15, 0.2) is 11.5 Å². The molecule has 0 saturated heterocycles. The molecule has 0 unspecified atom stereocenters. The molecule has 0 aliphatic rings. The molecular formula is C28H37N3O5. The van der Waals surface area contributed by atoms with E-state index in [1.807, 2.05) is 59.3 Å². The van der Waals surface area contributed by atoms with Crippen molar-refractivity contribution in [3.63, 3.8) is 0 Å². The molecule has 1 aromatic heterocycles. The second-order valence-electron chi connectivity index (χ2n) is 8.29. The van der Waals surface area contributed by atoms with Crippen LogP contribution in [-0.4, -0.2) is 73.0 Å². The fourth-order valence-electron chi connectivity index (χ4n) is 3.89. The summed E-state index contributed by atoms with van der Waals surface area (Å²) in [6, 6.07) is 17.5. The van der Waals surface area contributed by atoms with E-state index in [1.54, 1.807) is 20.3 Å². The molecule has 0 saturated carbocycles. The molecule has 0 amide bonds. The van der Waals surface area contributed by atoms with E-state index in [4.69, 9.17) is 24.0 Å². The lowest BCUT2D eigenvalue weighted by Crippen LogP contribution is -2.36. The Labute approximate surface area is 213 Å². The van der Waals surface area contributed by atoms with Gasteiger partial charge in [-0.15, -0.1) is 6.58 Å². The highest BCUT2D eigenvalue weighted by Gasteiger charge is 2.24. The maximum absolute atomic E-state index is 10.6. The highest BCUT2D eigenvalue weighted by molar-refractivity contribution is 5.47. The van der Waals surface area contributed by atoms with Crippen molar-refractivity contribution in [1.29, 1.82) is 0 Å². The van der Waals surface area contributed by atoms with Crippen LogP contribution in [0.5, 0.6) is 17.4 Å². The normalized spacial score (nSPS) is 12.0. The number of aliphatic hydroxyl groups is 1. The van der Waals surface area contributed by atoms with E-state index < -0.39 is 6.10 Å². The Hall–Kier alpha value is -3.17. The summed E-state index contributed by atoms with van der Waals surface area (Å²) in [5.74, 6) is 1.85. The second kappa shape index (κ2) is 14.4. The molecule has 36 heavy (non-hydrogen) atoms. The van der Waals surface area contributed by atoms with Crippen molar-refractivity contribution in [1.82, 2.24) is 14.7 Å². The van der Waals surface area contributed by atoms with Crippen LogP contribution in [0.1, 0.15) is 18.2 Å². The van der Waals surface area contributed by atoms with Crippen molar-refractivity contribution < 1.29 is 24.1 Å². The van der Waals surface area contributed by atoms with Crippen LogP contribution in [-0.2, 0) is 22.4 Å². The van der Waals surface area contributed by atoms with Gasteiger partial charge in [0.2, 0.25) is 5.88 Å². The molecule has 0 aliphatic heterocycles. The molecule has 8 heteroatoms. The Kier molecular flexibility index (Phi) is 11.0. The number of nitrogens with zero attached hydrogens (tertiary/aromatic N) is 3. The maximum atomic E-state index is 10.6. The van der Waals surface area contributed by atoms with Crippen molar-refractivity contribution in [2.24, 2.45) is 0 Å². The van der Waals surface area contributed by atoms with E-state index in [2.05, 4.69) is 18.4 Å². The van der Waals surface area contributed by atoms with E-state index >= 15 is 0 Å². The number of hydrogen-bond donors (Lipinski definition) is 1. The first-order valence-electron chi connectivity index (χ1n) is 12.2. The largest absolute Gasteiger partial charge is 0.493 e. The van der Waals surface area contributed by atoms with Gasteiger partial charge in [0.05, 0.1) is 50.0 Å². The molecule has 8 nitrogen and oxygen atoms in total. The van der Waals surface area contributed by atoms with E-state index in [1.165, 1.54) is 0 Å². The zero-order valence-electron chi connectivity index (χ0n) is 21.4. The molecular weight excluding hydrogens is 458 g/mol. The quantitative estimate of drug-likeness (QED) is 0.235. The summed E-state index contributed by atoms with van der Waals surface area (Å²) in [5, 5.41) is 15.5. The van der Waals surface area contributed by atoms with Crippen molar-refractivity contribution in [2.75, 3.05) is 47.1 Å². The van der Waals surface area contributed by atoms with Gasteiger partial charge in [0.25, 0.3) is 0 Å². The summed E-state index contributed by atoms with van der Waals surface area (Å²) in [5.41, 5.74) is 2.76. The first kappa shape index (κ1) is 27.4. The van der Waals surface area contributed by atoms with Crippen LogP contribution >= 0.6 is 0 Å². The van der Waals surface area contributed by atoms with Gasteiger partial charge in [0.1, 0.15) is 0 Å². The van der Waals surface area contributed by atoms with Gasteiger partial charge in [0, 0.05) is 26.7 Å². The third kappa shape index (κ3) is 7.41. The molecule has 0 fully saturated rings. The SMILES string of the molecule is C=CCOC[C@H](O)CN(CCOC)Cc1c(CC)nn(-c2ccccc2)c1Oc1ccccc1OC. The Bertz CT molecular complexity index is 1070.